The predicted octanol–water partition coefficient (Wildman–Crippen LogP) is 5.32. The summed E-state index contributed by atoms with van der Waals surface area (Å²) in [6.07, 6.45) is 0.876. The van der Waals surface area contributed by atoms with E-state index in [1.807, 2.05) is 26.0 Å². The van der Waals surface area contributed by atoms with Gasteiger partial charge in [0.2, 0.25) is 0 Å². The van der Waals surface area contributed by atoms with Crippen LogP contribution in [-0.4, -0.2) is 35.4 Å². The lowest BCUT2D eigenvalue weighted by atomic mass is 9.98. The van der Waals surface area contributed by atoms with Gasteiger partial charge in [-0.25, -0.2) is 0 Å². The van der Waals surface area contributed by atoms with E-state index < -0.39 is 17.7 Å². The van der Waals surface area contributed by atoms with Gasteiger partial charge in [-0.3, -0.25) is 9.59 Å². The Labute approximate surface area is 204 Å². The van der Waals surface area contributed by atoms with Gasteiger partial charge in [0.05, 0.1) is 19.3 Å². The molecule has 0 spiro atoms. The Balaban J connectivity index is 1.77. The zero-order valence-electron chi connectivity index (χ0n) is 20.3. The molecule has 0 saturated carbocycles. The lowest BCUT2D eigenvalue weighted by Crippen LogP contribution is -2.29. The van der Waals surface area contributed by atoms with Crippen LogP contribution >= 0.6 is 0 Å². The van der Waals surface area contributed by atoms with Crippen LogP contribution in [0.25, 0.3) is 5.76 Å². The molecule has 1 aliphatic rings. The van der Waals surface area contributed by atoms with E-state index in [4.69, 9.17) is 13.9 Å². The van der Waals surface area contributed by atoms with E-state index in [1.165, 1.54) is 4.90 Å². The number of hydrogen-bond donors (Lipinski definition) is 1. The molecule has 1 N–H and O–H groups in total. The van der Waals surface area contributed by atoms with Crippen LogP contribution in [0.3, 0.4) is 0 Å². The number of aryl methyl sites for hydroxylation is 2. The summed E-state index contributed by atoms with van der Waals surface area (Å²) in [6, 6.07) is 15.1. The largest absolute Gasteiger partial charge is 0.507 e. The molecule has 182 valence electrons. The first-order valence-corrected chi connectivity index (χ1v) is 11.6. The minimum absolute atomic E-state index is 0.000474. The maximum atomic E-state index is 13.2. The van der Waals surface area contributed by atoms with Gasteiger partial charge in [0, 0.05) is 12.1 Å². The minimum atomic E-state index is -0.859. The molecular weight excluding hydrogens is 446 g/mol. The molecule has 4 rings (SSSR count). The van der Waals surface area contributed by atoms with Crippen LogP contribution < -0.4 is 9.47 Å². The molecule has 35 heavy (non-hydrogen) atoms. The molecule has 1 aromatic heterocycles. The summed E-state index contributed by atoms with van der Waals surface area (Å²) in [5.74, 6) is 0.766. The summed E-state index contributed by atoms with van der Waals surface area (Å²) in [6.45, 7) is 6.44. The van der Waals surface area contributed by atoms with Crippen LogP contribution in [0.1, 0.15) is 47.6 Å². The second kappa shape index (κ2) is 10.1. The molecule has 0 bridgehead atoms. The molecule has 3 aromatic rings. The zero-order valence-corrected chi connectivity index (χ0v) is 20.3. The van der Waals surface area contributed by atoms with Crippen LogP contribution in [0.2, 0.25) is 0 Å². The number of Topliss-reactive ketones (excluding diaryl/α,β-unsaturated/α-hetero) is 1. The summed E-state index contributed by atoms with van der Waals surface area (Å²) in [5, 5.41) is 11.3. The monoisotopic (exact) mass is 475 g/mol. The number of furan rings is 1. The minimum Gasteiger partial charge on any atom is -0.507 e. The highest BCUT2D eigenvalue weighted by Crippen LogP contribution is 2.41. The molecule has 1 amide bonds. The van der Waals surface area contributed by atoms with Gasteiger partial charge >= 0.3 is 0 Å². The zero-order chi connectivity index (χ0) is 25.1. The van der Waals surface area contributed by atoms with Crippen LogP contribution in [0.15, 0.2) is 64.6 Å². The number of amides is 1. The van der Waals surface area contributed by atoms with Crippen LogP contribution in [0, 0.1) is 13.8 Å². The maximum absolute atomic E-state index is 13.2. The number of rotatable bonds is 8. The summed E-state index contributed by atoms with van der Waals surface area (Å²) in [4.78, 5) is 27.8. The number of aliphatic hydroxyl groups excluding tert-OH is 1. The topological polar surface area (TPSA) is 89.2 Å². The highest BCUT2D eigenvalue weighted by molar-refractivity contribution is 6.46. The molecule has 1 atom stereocenters. The molecule has 1 fully saturated rings. The first kappa shape index (κ1) is 24.1. The third kappa shape index (κ3) is 4.80. The van der Waals surface area contributed by atoms with Crippen molar-refractivity contribution in [1.29, 1.82) is 0 Å². The number of benzene rings is 2. The molecule has 1 saturated heterocycles. The van der Waals surface area contributed by atoms with Crippen molar-refractivity contribution in [2.45, 2.75) is 39.8 Å². The maximum Gasteiger partial charge on any atom is 0.296 e. The molecule has 1 aliphatic heterocycles. The number of ether oxygens (including phenoxy) is 2. The van der Waals surface area contributed by atoms with Crippen molar-refractivity contribution in [3.63, 3.8) is 0 Å². The molecule has 2 aromatic carbocycles. The lowest BCUT2D eigenvalue weighted by molar-refractivity contribution is -0.140. The van der Waals surface area contributed by atoms with Crippen molar-refractivity contribution in [1.82, 2.24) is 4.90 Å². The third-order valence-electron chi connectivity index (χ3n) is 5.99. The quantitative estimate of drug-likeness (QED) is 0.270. The van der Waals surface area contributed by atoms with E-state index in [2.05, 4.69) is 0 Å². The summed E-state index contributed by atoms with van der Waals surface area (Å²) >= 11 is 0. The van der Waals surface area contributed by atoms with Crippen molar-refractivity contribution < 1.29 is 28.6 Å². The van der Waals surface area contributed by atoms with Gasteiger partial charge in [-0.15, -0.1) is 0 Å². The first-order chi connectivity index (χ1) is 16.8. The van der Waals surface area contributed by atoms with Crippen LogP contribution in [0.4, 0.5) is 0 Å². The fourth-order valence-corrected chi connectivity index (χ4v) is 4.19. The van der Waals surface area contributed by atoms with Gasteiger partial charge in [0.25, 0.3) is 11.7 Å². The van der Waals surface area contributed by atoms with E-state index in [0.29, 0.717) is 35.2 Å². The summed E-state index contributed by atoms with van der Waals surface area (Å²) in [7, 11) is 1.58. The van der Waals surface area contributed by atoms with E-state index in [-0.39, 0.29) is 17.9 Å². The smallest absolute Gasteiger partial charge is 0.296 e. The number of nitrogens with zero attached hydrogens (tertiary/aromatic N) is 1. The van der Waals surface area contributed by atoms with Gasteiger partial charge < -0.3 is 23.9 Å². The van der Waals surface area contributed by atoms with E-state index in [0.717, 1.165) is 17.5 Å². The lowest BCUT2D eigenvalue weighted by Gasteiger charge is -2.23. The number of aliphatic hydroxyl groups is 1. The summed E-state index contributed by atoms with van der Waals surface area (Å²) < 4.78 is 16.8. The van der Waals surface area contributed by atoms with Gasteiger partial charge in [-0.05, 0) is 73.9 Å². The highest BCUT2D eigenvalue weighted by atomic mass is 16.5. The van der Waals surface area contributed by atoms with Crippen LogP contribution in [-0.2, 0) is 16.1 Å². The first-order valence-electron chi connectivity index (χ1n) is 11.6. The van der Waals surface area contributed by atoms with Crippen molar-refractivity contribution in [3.05, 3.63) is 88.4 Å². The van der Waals surface area contributed by atoms with Crippen molar-refractivity contribution >= 4 is 17.4 Å². The number of methoxy groups -OCH3 is 1. The van der Waals surface area contributed by atoms with Crippen molar-refractivity contribution in [2.24, 2.45) is 0 Å². The Hall–Kier alpha value is -4.00. The average molecular weight is 476 g/mol. The number of carbonyl (C=O) groups is 2. The number of carbonyl (C=O) groups excluding carboxylic acids is 2. The molecule has 0 radical (unpaired) electrons. The number of likely N-dealkylation sites (tertiary alicyclic amines) is 1. The SMILES string of the molecule is CCCOc1ccc(/C(O)=C2/C(=O)C(=O)N(Cc3ccc(OC)cc3)C2c2ccc(C)o2)cc1C. The fourth-order valence-electron chi connectivity index (χ4n) is 4.19. The second-order valence-corrected chi connectivity index (χ2v) is 8.55. The van der Waals surface area contributed by atoms with E-state index in [1.54, 1.807) is 56.5 Å². The van der Waals surface area contributed by atoms with E-state index in [9.17, 15) is 14.7 Å². The third-order valence-corrected chi connectivity index (χ3v) is 5.99. The summed E-state index contributed by atoms with van der Waals surface area (Å²) in [5.41, 5.74) is 2.07. The van der Waals surface area contributed by atoms with Gasteiger partial charge in [0.15, 0.2) is 0 Å². The molecule has 1 unspecified atom stereocenters. The predicted molar refractivity (Wildman–Crippen MR) is 131 cm³/mol. The Kier molecular flexibility index (Phi) is 6.96. The second-order valence-electron chi connectivity index (χ2n) is 8.55. The fraction of sp³-hybridized carbons (Fsp3) is 0.286. The molecule has 7 nitrogen and oxygen atoms in total. The normalized spacial score (nSPS) is 17.1. The van der Waals surface area contributed by atoms with Gasteiger partial charge in [-0.2, -0.15) is 0 Å². The number of hydrogen-bond acceptors (Lipinski definition) is 6. The molecule has 2 heterocycles. The Morgan fingerprint density at radius 1 is 1.06 bits per heavy atom. The van der Waals surface area contributed by atoms with Gasteiger partial charge in [0.1, 0.15) is 34.8 Å². The van der Waals surface area contributed by atoms with Gasteiger partial charge in [-0.1, -0.05) is 19.1 Å². The molecular formula is C28H29NO6. The average Bonchev–Trinajstić information content (AvgIpc) is 3.39. The highest BCUT2D eigenvalue weighted by Gasteiger charge is 2.47. The standard InChI is InChI=1S/C28H29NO6/c1-5-14-34-22-13-9-20(15-17(22)2)26(30)24-25(23-12-6-18(3)35-23)29(28(32)27(24)31)16-19-7-10-21(33-4)11-8-19/h6-13,15,25,30H,5,14,16H2,1-4H3/b26-24-. The molecule has 0 aliphatic carbocycles. The Morgan fingerprint density at radius 2 is 1.80 bits per heavy atom. The number of ketones is 1. The van der Waals surface area contributed by atoms with Crippen molar-refractivity contribution in [3.8, 4) is 11.5 Å². The Morgan fingerprint density at radius 3 is 2.40 bits per heavy atom. The van der Waals surface area contributed by atoms with Crippen LogP contribution in [0.5, 0.6) is 11.5 Å². The Bertz CT molecular complexity index is 1270. The van der Waals surface area contributed by atoms with Crippen molar-refractivity contribution in [2.75, 3.05) is 13.7 Å². The van der Waals surface area contributed by atoms with E-state index >= 15 is 0 Å². The molecule has 7 heteroatoms.